The number of carboxylic acids is 1. The molecule has 1 fully saturated rings. The molecule has 26 heavy (non-hydrogen) atoms. The molecule has 2 rings (SSSR count). The van der Waals surface area contributed by atoms with Gasteiger partial charge in [0.15, 0.2) is 5.78 Å². The lowest BCUT2D eigenvalue weighted by molar-refractivity contribution is -0.137. The number of amides is 1. The van der Waals surface area contributed by atoms with Crippen molar-refractivity contribution in [3.8, 4) is 0 Å². The van der Waals surface area contributed by atoms with E-state index in [1.165, 1.54) is 0 Å². The number of benzene rings is 1. The second-order valence-electron chi connectivity index (χ2n) is 8.09. The molecule has 0 spiro atoms. The number of carbonyl (C=O) groups is 3. The molecule has 1 aromatic rings. The van der Waals surface area contributed by atoms with E-state index in [0.717, 1.165) is 19.4 Å². The normalized spacial score (nSPS) is 17.8. The summed E-state index contributed by atoms with van der Waals surface area (Å²) in [7, 11) is 0. The predicted molar refractivity (Wildman–Crippen MR) is 100.0 cm³/mol. The largest absolute Gasteiger partial charge is 0.481 e. The molecule has 0 aromatic heterocycles. The van der Waals surface area contributed by atoms with E-state index in [0.29, 0.717) is 31.4 Å². The number of hydrogen-bond donors (Lipinski definition) is 1. The fraction of sp³-hybridized carbons (Fsp3) is 0.571. The summed E-state index contributed by atoms with van der Waals surface area (Å²) in [5.74, 6) is -0.399. The van der Waals surface area contributed by atoms with Gasteiger partial charge in [0, 0.05) is 37.9 Å². The molecule has 0 saturated carbocycles. The average Bonchev–Trinajstić information content (AvgIpc) is 2.60. The molecule has 1 N–H and O–H groups in total. The zero-order valence-electron chi connectivity index (χ0n) is 15.7. The summed E-state index contributed by atoms with van der Waals surface area (Å²) in [6, 6.07) is 9.17. The van der Waals surface area contributed by atoms with Crippen LogP contribution >= 0.6 is 0 Å². The highest BCUT2D eigenvalue weighted by Gasteiger charge is 2.30. The van der Waals surface area contributed by atoms with E-state index in [2.05, 4.69) is 0 Å². The number of likely N-dealkylation sites (tertiary alicyclic amines) is 1. The third kappa shape index (κ3) is 6.28. The van der Waals surface area contributed by atoms with Gasteiger partial charge in [-0.3, -0.25) is 14.4 Å². The van der Waals surface area contributed by atoms with Gasteiger partial charge < -0.3 is 10.0 Å². The van der Waals surface area contributed by atoms with Crippen LogP contribution in [0.2, 0.25) is 0 Å². The Kier molecular flexibility index (Phi) is 6.95. The van der Waals surface area contributed by atoms with Crippen molar-refractivity contribution in [3.63, 3.8) is 0 Å². The first-order chi connectivity index (χ1) is 12.3. The van der Waals surface area contributed by atoms with E-state index < -0.39 is 11.4 Å². The molecule has 1 heterocycles. The number of ketones is 1. The maximum absolute atomic E-state index is 12.7. The van der Waals surface area contributed by atoms with Crippen molar-refractivity contribution < 1.29 is 19.5 Å². The monoisotopic (exact) mass is 359 g/mol. The minimum atomic E-state index is -0.783. The predicted octanol–water partition coefficient (Wildman–Crippen LogP) is 3.78. The highest BCUT2D eigenvalue weighted by Crippen LogP contribution is 2.30. The van der Waals surface area contributed by atoms with Gasteiger partial charge in [-0.05, 0) is 30.6 Å². The molecule has 0 radical (unpaired) electrons. The minimum Gasteiger partial charge on any atom is -0.481 e. The van der Waals surface area contributed by atoms with Crippen molar-refractivity contribution in [2.24, 2.45) is 11.3 Å². The minimum absolute atomic E-state index is 0.0568. The van der Waals surface area contributed by atoms with E-state index in [-0.39, 0.29) is 24.0 Å². The summed E-state index contributed by atoms with van der Waals surface area (Å²) in [4.78, 5) is 37.8. The lowest BCUT2D eigenvalue weighted by Gasteiger charge is -2.35. The quantitative estimate of drug-likeness (QED) is 0.717. The van der Waals surface area contributed by atoms with Crippen LogP contribution in [0.25, 0.3) is 0 Å². The van der Waals surface area contributed by atoms with Gasteiger partial charge in [-0.25, -0.2) is 0 Å². The van der Waals surface area contributed by atoms with Gasteiger partial charge in [-0.15, -0.1) is 0 Å². The van der Waals surface area contributed by atoms with Gasteiger partial charge in [0.1, 0.15) is 0 Å². The standard InChI is InChI=1S/C21H29NO4/c1-21(2,13-18(23)17-8-4-3-5-9-17)14-19(24)22-12-6-7-16(15-22)10-11-20(25)26/h3-5,8-9,16H,6-7,10-15H2,1-2H3,(H,25,26). The van der Waals surface area contributed by atoms with Crippen LogP contribution in [0.3, 0.4) is 0 Å². The van der Waals surface area contributed by atoms with Crippen LogP contribution in [0, 0.1) is 11.3 Å². The van der Waals surface area contributed by atoms with Crippen molar-refractivity contribution >= 4 is 17.7 Å². The van der Waals surface area contributed by atoms with Crippen molar-refractivity contribution in [2.45, 2.75) is 52.4 Å². The number of carbonyl (C=O) groups excluding carboxylic acids is 2. The van der Waals surface area contributed by atoms with Gasteiger partial charge in [0.05, 0.1) is 0 Å². The summed E-state index contributed by atoms with van der Waals surface area (Å²) < 4.78 is 0. The molecule has 0 bridgehead atoms. The molecule has 1 aliphatic rings. The van der Waals surface area contributed by atoms with Crippen LogP contribution in [0.4, 0.5) is 0 Å². The van der Waals surface area contributed by atoms with Gasteiger partial charge in [-0.1, -0.05) is 44.2 Å². The molecule has 5 heteroatoms. The van der Waals surface area contributed by atoms with Crippen LogP contribution in [0.15, 0.2) is 30.3 Å². The van der Waals surface area contributed by atoms with Gasteiger partial charge in [0.25, 0.3) is 0 Å². The SMILES string of the molecule is CC(C)(CC(=O)c1ccccc1)CC(=O)N1CCCC(CCC(=O)O)C1. The van der Waals surface area contributed by atoms with E-state index in [4.69, 9.17) is 5.11 Å². The van der Waals surface area contributed by atoms with Gasteiger partial charge in [0.2, 0.25) is 5.91 Å². The molecule has 142 valence electrons. The van der Waals surface area contributed by atoms with Crippen molar-refractivity contribution in [1.82, 2.24) is 4.90 Å². The average molecular weight is 359 g/mol. The van der Waals surface area contributed by atoms with Crippen LogP contribution in [-0.4, -0.2) is 40.8 Å². The Morgan fingerprint density at radius 2 is 1.85 bits per heavy atom. The van der Waals surface area contributed by atoms with E-state index in [1.807, 2.05) is 36.9 Å². The highest BCUT2D eigenvalue weighted by molar-refractivity contribution is 5.96. The second-order valence-corrected chi connectivity index (χ2v) is 8.09. The molecule has 1 unspecified atom stereocenters. The third-order valence-corrected chi connectivity index (χ3v) is 5.00. The summed E-state index contributed by atoms with van der Waals surface area (Å²) in [5, 5.41) is 8.84. The first-order valence-corrected chi connectivity index (χ1v) is 9.35. The number of aliphatic carboxylic acids is 1. The number of rotatable bonds is 8. The Bertz CT molecular complexity index is 639. The van der Waals surface area contributed by atoms with E-state index in [9.17, 15) is 14.4 Å². The lowest BCUT2D eigenvalue weighted by atomic mass is 9.81. The molecule has 5 nitrogen and oxygen atoms in total. The summed E-state index contributed by atoms with van der Waals surface area (Å²) >= 11 is 0. The number of Topliss-reactive ketones (excluding diaryl/α,β-unsaturated/α-hetero) is 1. The Morgan fingerprint density at radius 1 is 1.15 bits per heavy atom. The molecule has 0 aliphatic carbocycles. The molecular formula is C21H29NO4. The summed E-state index contributed by atoms with van der Waals surface area (Å²) in [6.45, 7) is 5.27. The van der Waals surface area contributed by atoms with Gasteiger partial charge >= 0.3 is 5.97 Å². The van der Waals surface area contributed by atoms with Crippen molar-refractivity contribution in [2.75, 3.05) is 13.1 Å². The molecule has 1 saturated heterocycles. The third-order valence-electron chi connectivity index (χ3n) is 5.00. The summed E-state index contributed by atoms with van der Waals surface area (Å²) in [5.41, 5.74) is 0.276. The smallest absolute Gasteiger partial charge is 0.303 e. The maximum atomic E-state index is 12.7. The zero-order chi connectivity index (χ0) is 19.2. The Balaban J connectivity index is 1.88. The Hall–Kier alpha value is -2.17. The molecule has 1 amide bonds. The molecule has 1 atom stereocenters. The van der Waals surface area contributed by atoms with Crippen LogP contribution < -0.4 is 0 Å². The number of nitrogens with zero attached hydrogens (tertiary/aromatic N) is 1. The number of carboxylic acid groups (broad SMARTS) is 1. The Morgan fingerprint density at radius 3 is 2.50 bits per heavy atom. The van der Waals surface area contributed by atoms with Crippen LogP contribution in [0.5, 0.6) is 0 Å². The Labute approximate surface area is 155 Å². The lowest BCUT2D eigenvalue weighted by Crippen LogP contribution is -2.41. The first kappa shape index (κ1) is 20.1. The number of piperidine rings is 1. The molecule has 1 aromatic carbocycles. The fourth-order valence-corrected chi connectivity index (χ4v) is 3.60. The van der Waals surface area contributed by atoms with E-state index in [1.54, 1.807) is 12.1 Å². The topological polar surface area (TPSA) is 74.7 Å². The highest BCUT2D eigenvalue weighted by atomic mass is 16.4. The second kappa shape index (κ2) is 8.97. The number of hydrogen-bond acceptors (Lipinski definition) is 3. The fourth-order valence-electron chi connectivity index (χ4n) is 3.60. The van der Waals surface area contributed by atoms with Crippen LogP contribution in [0.1, 0.15) is 62.7 Å². The molecule has 1 aliphatic heterocycles. The zero-order valence-corrected chi connectivity index (χ0v) is 15.7. The van der Waals surface area contributed by atoms with Crippen molar-refractivity contribution in [3.05, 3.63) is 35.9 Å². The first-order valence-electron chi connectivity index (χ1n) is 9.35. The van der Waals surface area contributed by atoms with Crippen molar-refractivity contribution in [1.29, 1.82) is 0 Å². The summed E-state index contributed by atoms with van der Waals surface area (Å²) in [6.07, 6.45) is 3.33. The maximum Gasteiger partial charge on any atom is 0.303 e. The van der Waals surface area contributed by atoms with E-state index >= 15 is 0 Å². The van der Waals surface area contributed by atoms with Crippen LogP contribution in [-0.2, 0) is 9.59 Å². The van der Waals surface area contributed by atoms with Gasteiger partial charge in [-0.2, -0.15) is 0 Å². The molecular weight excluding hydrogens is 330 g/mol.